The van der Waals surface area contributed by atoms with Crippen molar-refractivity contribution in [2.75, 3.05) is 0 Å². The van der Waals surface area contributed by atoms with Gasteiger partial charge in [0.15, 0.2) is 5.69 Å². The van der Waals surface area contributed by atoms with Crippen molar-refractivity contribution in [1.29, 1.82) is 0 Å². The second-order valence-electron chi connectivity index (χ2n) is 9.62. The van der Waals surface area contributed by atoms with Crippen molar-refractivity contribution in [3.63, 3.8) is 0 Å². The Morgan fingerprint density at radius 3 is 2.36 bits per heavy atom. The maximum absolute atomic E-state index is 13.5. The summed E-state index contributed by atoms with van der Waals surface area (Å²) < 4.78 is 5.49. The molecule has 0 amide bonds. The van der Waals surface area contributed by atoms with E-state index in [1.807, 2.05) is 53.7 Å². The second kappa shape index (κ2) is 10.3. The molecule has 6 nitrogen and oxygen atoms in total. The monoisotopic (exact) mass is 499 g/mol. The van der Waals surface area contributed by atoms with Crippen LogP contribution in [0.25, 0.3) is 16.9 Å². The van der Waals surface area contributed by atoms with Crippen LogP contribution in [-0.2, 0) is 7.05 Å². The fourth-order valence-electron chi connectivity index (χ4n) is 4.84. The third-order valence-electron chi connectivity index (χ3n) is 7.27. The molecule has 5 rings (SSSR count). The minimum absolute atomic E-state index is 0.130. The van der Waals surface area contributed by atoms with Gasteiger partial charge < -0.3 is 0 Å². The van der Waals surface area contributed by atoms with Gasteiger partial charge in [-0.2, -0.15) is 5.10 Å². The van der Waals surface area contributed by atoms with Gasteiger partial charge in [-0.3, -0.25) is 9.48 Å². The second-order valence-corrected chi connectivity index (χ2v) is 10.5. The smallest absolute Gasteiger partial charge is 0.283 e. The Kier molecular flexibility index (Phi) is 6.92. The topological polar surface area (TPSA) is 56.6 Å². The van der Waals surface area contributed by atoms with Crippen LogP contribution in [0.1, 0.15) is 50.3 Å². The van der Waals surface area contributed by atoms with E-state index in [1.54, 1.807) is 4.68 Å². The van der Waals surface area contributed by atoms with Gasteiger partial charge in [0.05, 0.1) is 17.1 Å². The molecule has 36 heavy (non-hydrogen) atoms. The zero-order valence-corrected chi connectivity index (χ0v) is 22.3. The lowest BCUT2D eigenvalue weighted by Crippen LogP contribution is -2.20. The van der Waals surface area contributed by atoms with Crippen LogP contribution in [0.15, 0.2) is 74.9 Å². The summed E-state index contributed by atoms with van der Waals surface area (Å²) in [4.78, 5) is 19.1. The zero-order valence-electron chi connectivity index (χ0n) is 21.4. The lowest BCUT2D eigenvalue weighted by Gasteiger charge is -2.21. The number of benzene rings is 2. The highest BCUT2D eigenvalue weighted by Crippen LogP contribution is 2.27. The SMILES string of the molecule is CCC1CCC(=Nn2c(-c3ccc(C)cc3)csc2=Nc2c(C)n(C)n(-c3ccccc3)c2=O)CC1. The summed E-state index contributed by atoms with van der Waals surface area (Å²) in [6.07, 6.45) is 5.63. The number of thiazole rings is 1. The number of hydrogen-bond acceptors (Lipinski definition) is 4. The molecule has 0 N–H and O–H groups in total. The first-order chi connectivity index (χ1) is 17.5. The van der Waals surface area contributed by atoms with Crippen LogP contribution < -0.4 is 10.4 Å². The van der Waals surface area contributed by atoms with Crippen LogP contribution in [0.2, 0.25) is 0 Å². The molecule has 0 unspecified atom stereocenters. The molecule has 0 atom stereocenters. The number of aromatic nitrogens is 3. The van der Waals surface area contributed by atoms with Crippen molar-refractivity contribution in [2.24, 2.45) is 23.1 Å². The molecule has 2 heterocycles. The van der Waals surface area contributed by atoms with Crippen molar-refractivity contribution in [1.82, 2.24) is 14.0 Å². The van der Waals surface area contributed by atoms with E-state index >= 15 is 0 Å². The van der Waals surface area contributed by atoms with E-state index in [0.29, 0.717) is 10.5 Å². The van der Waals surface area contributed by atoms with Gasteiger partial charge in [-0.15, -0.1) is 11.3 Å². The summed E-state index contributed by atoms with van der Waals surface area (Å²) in [6, 6.07) is 18.2. The maximum atomic E-state index is 13.5. The molecule has 7 heteroatoms. The van der Waals surface area contributed by atoms with Gasteiger partial charge in [0, 0.05) is 23.7 Å². The van der Waals surface area contributed by atoms with Gasteiger partial charge in [-0.25, -0.2) is 14.4 Å². The maximum Gasteiger partial charge on any atom is 0.297 e. The molecule has 1 aliphatic carbocycles. The quantitative estimate of drug-likeness (QED) is 0.315. The Morgan fingerprint density at radius 1 is 1.00 bits per heavy atom. The van der Waals surface area contributed by atoms with Crippen molar-refractivity contribution < 1.29 is 0 Å². The van der Waals surface area contributed by atoms with Gasteiger partial charge in [0.25, 0.3) is 5.56 Å². The molecule has 4 aromatic rings. The van der Waals surface area contributed by atoms with Gasteiger partial charge in [0.2, 0.25) is 4.80 Å². The zero-order chi connectivity index (χ0) is 25.2. The summed E-state index contributed by atoms with van der Waals surface area (Å²) in [7, 11) is 1.90. The highest BCUT2D eigenvalue weighted by Gasteiger charge is 2.19. The predicted octanol–water partition coefficient (Wildman–Crippen LogP) is 6.36. The number of rotatable bonds is 5. The molecule has 0 bridgehead atoms. The molecule has 186 valence electrons. The van der Waals surface area contributed by atoms with E-state index in [-0.39, 0.29) is 5.56 Å². The van der Waals surface area contributed by atoms with Crippen LogP contribution in [0, 0.1) is 19.8 Å². The van der Waals surface area contributed by atoms with Crippen LogP contribution in [0.5, 0.6) is 0 Å². The molecular weight excluding hydrogens is 466 g/mol. The first kappa shape index (κ1) is 24.3. The highest BCUT2D eigenvalue weighted by molar-refractivity contribution is 7.07. The molecule has 2 aromatic heterocycles. The summed E-state index contributed by atoms with van der Waals surface area (Å²) in [6.45, 7) is 6.31. The van der Waals surface area contributed by atoms with Crippen LogP contribution in [0.4, 0.5) is 5.69 Å². The van der Waals surface area contributed by atoms with Crippen molar-refractivity contribution in [2.45, 2.75) is 52.9 Å². The van der Waals surface area contributed by atoms with Gasteiger partial charge in [0.1, 0.15) is 0 Å². The fraction of sp³-hybridized carbons (Fsp3) is 0.345. The Morgan fingerprint density at radius 2 is 1.69 bits per heavy atom. The average Bonchev–Trinajstić information content (AvgIpc) is 3.39. The van der Waals surface area contributed by atoms with Gasteiger partial charge >= 0.3 is 0 Å². The van der Waals surface area contributed by atoms with Crippen molar-refractivity contribution in [3.8, 4) is 16.9 Å². The first-order valence-electron chi connectivity index (χ1n) is 12.7. The number of hydrogen-bond donors (Lipinski definition) is 0. The number of aryl methyl sites for hydroxylation is 1. The average molecular weight is 500 g/mol. The van der Waals surface area contributed by atoms with Crippen molar-refractivity contribution >= 4 is 22.7 Å². The van der Waals surface area contributed by atoms with E-state index in [0.717, 1.165) is 41.4 Å². The minimum atomic E-state index is -0.130. The van der Waals surface area contributed by atoms with Gasteiger partial charge in [-0.1, -0.05) is 61.4 Å². The minimum Gasteiger partial charge on any atom is -0.283 e. The lowest BCUT2D eigenvalue weighted by molar-refractivity contribution is 0.428. The third-order valence-corrected chi connectivity index (χ3v) is 8.08. The summed E-state index contributed by atoms with van der Waals surface area (Å²) in [5, 5.41) is 7.22. The molecule has 2 aromatic carbocycles. The van der Waals surface area contributed by atoms with Crippen molar-refractivity contribution in [3.05, 3.63) is 86.4 Å². The highest BCUT2D eigenvalue weighted by atomic mass is 32.1. The van der Waals surface area contributed by atoms with Gasteiger partial charge in [-0.05, 0) is 57.6 Å². The number of para-hydroxylation sites is 1. The normalized spacial score (nSPS) is 16.5. The van der Waals surface area contributed by atoms with Crippen LogP contribution in [0.3, 0.4) is 0 Å². The molecule has 0 aliphatic heterocycles. The van der Waals surface area contributed by atoms with E-state index in [9.17, 15) is 4.79 Å². The molecule has 1 saturated carbocycles. The first-order valence-corrected chi connectivity index (χ1v) is 13.6. The molecule has 0 radical (unpaired) electrons. The van der Waals surface area contributed by atoms with E-state index in [4.69, 9.17) is 10.1 Å². The van der Waals surface area contributed by atoms with E-state index in [1.165, 1.54) is 41.9 Å². The predicted molar refractivity (Wildman–Crippen MR) is 149 cm³/mol. The molecule has 0 spiro atoms. The van der Waals surface area contributed by atoms with E-state index in [2.05, 4.69) is 43.5 Å². The van der Waals surface area contributed by atoms with E-state index < -0.39 is 0 Å². The molecule has 1 aliphatic rings. The Labute approximate surface area is 215 Å². The Hall–Kier alpha value is -3.45. The largest absolute Gasteiger partial charge is 0.297 e. The number of nitrogens with zero attached hydrogens (tertiary/aromatic N) is 5. The lowest BCUT2D eigenvalue weighted by atomic mass is 9.86. The standard InChI is InChI=1S/C29H33N5OS/c1-5-22-13-17-24(18-14-22)31-33-26(23-15-11-20(2)12-16-23)19-36-29(33)30-27-21(3)32(4)34(28(27)35)25-9-7-6-8-10-25/h6-12,15-16,19,22H,5,13-14,17-18H2,1-4H3. The molecular formula is C29H33N5OS. The third kappa shape index (κ3) is 4.67. The van der Waals surface area contributed by atoms with Crippen LogP contribution in [-0.4, -0.2) is 19.8 Å². The Bertz CT molecular complexity index is 1510. The summed E-state index contributed by atoms with van der Waals surface area (Å²) in [5.74, 6) is 0.792. The molecule has 1 fully saturated rings. The summed E-state index contributed by atoms with van der Waals surface area (Å²) in [5.41, 5.74) is 6.47. The van der Waals surface area contributed by atoms with Crippen LogP contribution >= 0.6 is 11.3 Å². The fourth-order valence-corrected chi connectivity index (χ4v) is 5.67. The molecule has 0 saturated heterocycles. The summed E-state index contributed by atoms with van der Waals surface area (Å²) >= 11 is 1.52. The Balaban J connectivity index is 1.66.